The molecule has 0 amide bonds. The topological polar surface area (TPSA) is 38.7 Å². The van der Waals surface area contributed by atoms with Gasteiger partial charge >= 0.3 is 0 Å². The number of benzene rings is 1. The Kier molecular flexibility index (Phi) is 1.54. The van der Waals surface area contributed by atoms with E-state index in [1.807, 2.05) is 6.92 Å². The molecule has 0 saturated heterocycles. The zero-order valence-corrected chi connectivity index (χ0v) is 8.12. The first kappa shape index (κ1) is 7.85. The van der Waals surface area contributed by atoms with E-state index in [2.05, 4.69) is 27.3 Å². The highest BCUT2D eigenvalue weighted by Crippen LogP contribution is 2.25. The second kappa shape index (κ2) is 2.74. The quantitative estimate of drug-likeness (QED) is 0.628. The van der Waals surface area contributed by atoms with E-state index in [0.717, 1.165) is 16.9 Å². The Morgan fingerprint density at radius 1 is 1.00 bits per heavy atom. The number of nitrogens with zero attached hydrogens (tertiary/aromatic N) is 3. The molecule has 0 aliphatic heterocycles. The fourth-order valence-electron chi connectivity index (χ4n) is 2.09. The summed E-state index contributed by atoms with van der Waals surface area (Å²) in [6.45, 7) is 1.87. The van der Waals surface area contributed by atoms with Crippen molar-refractivity contribution in [1.29, 1.82) is 0 Å². The van der Waals surface area contributed by atoms with Gasteiger partial charge in [0.05, 0.1) is 5.52 Å². The zero-order chi connectivity index (χ0) is 9.54. The average molecular weight is 185 g/mol. The van der Waals surface area contributed by atoms with Crippen molar-refractivity contribution in [3.63, 3.8) is 0 Å². The highest BCUT2D eigenvalue weighted by atomic mass is 15.1. The minimum absolute atomic E-state index is 0.746. The molecule has 0 N–H and O–H groups in total. The summed E-state index contributed by atoms with van der Waals surface area (Å²) < 4.78 is 0. The summed E-state index contributed by atoms with van der Waals surface area (Å²) in [5.74, 6) is 0.746. The highest BCUT2D eigenvalue weighted by molar-refractivity contribution is 5.76. The SMILES string of the molecule is Cc1nnc2cc3c(cc2n1)CCC3. The third-order valence-electron chi connectivity index (χ3n) is 2.77. The minimum Gasteiger partial charge on any atom is -0.230 e. The van der Waals surface area contributed by atoms with Crippen molar-refractivity contribution in [2.24, 2.45) is 0 Å². The highest BCUT2D eigenvalue weighted by Gasteiger charge is 2.12. The molecule has 2 aromatic rings. The van der Waals surface area contributed by atoms with Crippen LogP contribution in [-0.2, 0) is 12.8 Å². The van der Waals surface area contributed by atoms with Crippen molar-refractivity contribution in [1.82, 2.24) is 15.2 Å². The van der Waals surface area contributed by atoms with Crippen LogP contribution >= 0.6 is 0 Å². The molecule has 3 nitrogen and oxygen atoms in total. The molecule has 1 aliphatic rings. The van der Waals surface area contributed by atoms with Crippen LogP contribution in [0.25, 0.3) is 11.0 Å². The fraction of sp³-hybridized carbons (Fsp3) is 0.364. The third-order valence-corrected chi connectivity index (χ3v) is 2.77. The summed E-state index contributed by atoms with van der Waals surface area (Å²) in [5.41, 5.74) is 4.78. The van der Waals surface area contributed by atoms with Gasteiger partial charge in [0, 0.05) is 0 Å². The van der Waals surface area contributed by atoms with Crippen molar-refractivity contribution in [2.75, 3.05) is 0 Å². The first-order valence-corrected chi connectivity index (χ1v) is 4.96. The maximum Gasteiger partial charge on any atom is 0.148 e. The van der Waals surface area contributed by atoms with Crippen LogP contribution in [0.1, 0.15) is 23.4 Å². The Morgan fingerprint density at radius 3 is 2.50 bits per heavy atom. The van der Waals surface area contributed by atoms with Crippen molar-refractivity contribution >= 4 is 11.0 Å². The molecule has 1 aromatic heterocycles. The van der Waals surface area contributed by atoms with Crippen LogP contribution < -0.4 is 0 Å². The van der Waals surface area contributed by atoms with Gasteiger partial charge in [0.25, 0.3) is 0 Å². The van der Waals surface area contributed by atoms with Crippen LogP contribution in [0.15, 0.2) is 12.1 Å². The first-order valence-electron chi connectivity index (χ1n) is 4.96. The molecular formula is C11H11N3. The summed E-state index contributed by atoms with van der Waals surface area (Å²) in [6, 6.07) is 4.30. The molecular weight excluding hydrogens is 174 g/mol. The summed E-state index contributed by atoms with van der Waals surface area (Å²) in [7, 11) is 0. The van der Waals surface area contributed by atoms with E-state index in [0.29, 0.717) is 0 Å². The lowest BCUT2D eigenvalue weighted by Gasteiger charge is -2.01. The minimum atomic E-state index is 0.746. The van der Waals surface area contributed by atoms with Crippen molar-refractivity contribution < 1.29 is 0 Å². The van der Waals surface area contributed by atoms with Gasteiger partial charge in [0.15, 0.2) is 0 Å². The normalized spacial score (nSPS) is 14.6. The lowest BCUT2D eigenvalue weighted by atomic mass is 10.1. The molecule has 1 aliphatic carbocycles. The van der Waals surface area contributed by atoms with E-state index < -0.39 is 0 Å². The van der Waals surface area contributed by atoms with Gasteiger partial charge in [-0.15, -0.1) is 10.2 Å². The predicted octanol–water partition coefficient (Wildman–Crippen LogP) is 1.82. The molecule has 1 heterocycles. The van der Waals surface area contributed by atoms with Gasteiger partial charge in [-0.1, -0.05) is 0 Å². The van der Waals surface area contributed by atoms with Crippen LogP contribution in [0.2, 0.25) is 0 Å². The second-order valence-electron chi connectivity index (χ2n) is 3.82. The van der Waals surface area contributed by atoms with Crippen LogP contribution in [0.5, 0.6) is 0 Å². The van der Waals surface area contributed by atoms with Gasteiger partial charge in [0.2, 0.25) is 0 Å². The third kappa shape index (κ3) is 1.09. The molecule has 0 spiro atoms. The van der Waals surface area contributed by atoms with Gasteiger partial charge in [0.1, 0.15) is 11.3 Å². The van der Waals surface area contributed by atoms with Crippen LogP contribution in [0.4, 0.5) is 0 Å². The molecule has 0 fully saturated rings. The lowest BCUT2D eigenvalue weighted by Crippen LogP contribution is -1.94. The van der Waals surface area contributed by atoms with E-state index in [1.165, 1.54) is 30.4 Å². The molecule has 0 radical (unpaired) electrons. The maximum atomic E-state index is 4.38. The van der Waals surface area contributed by atoms with E-state index in [1.54, 1.807) is 0 Å². The molecule has 1 aromatic carbocycles. The second-order valence-corrected chi connectivity index (χ2v) is 3.82. The van der Waals surface area contributed by atoms with Gasteiger partial charge in [-0.3, -0.25) is 0 Å². The van der Waals surface area contributed by atoms with E-state index in [-0.39, 0.29) is 0 Å². The summed E-state index contributed by atoms with van der Waals surface area (Å²) in [6.07, 6.45) is 3.63. The molecule has 0 bridgehead atoms. The van der Waals surface area contributed by atoms with Crippen molar-refractivity contribution in [3.8, 4) is 0 Å². The number of hydrogen-bond acceptors (Lipinski definition) is 3. The van der Waals surface area contributed by atoms with E-state index >= 15 is 0 Å². The number of hydrogen-bond donors (Lipinski definition) is 0. The maximum absolute atomic E-state index is 4.38. The summed E-state index contributed by atoms with van der Waals surface area (Å²) >= 11 is 0. The molecule has 70 valence electrons. The predicted molar refractivity (Wildman–Crippen MR) is 54.1 cm³/mol. The molecule has 0 unspecified atom stereocenters. The first-order chi connectivity index (χ1) is 6.83. The van der Waals surface area contributed by atoms with Crippen molar-refractivity contribution in [2.45, 2.75) is 26.2 Å². The average Bonchev–Trinajstić information content (AvgIpc) is 2.61. The van der Waals surface area contributed by atoms with Crippen LogP contribution in [0, 0.1) is 6.92 Å². The standard InChI is InChI=1S/C11H11N3/c1-7-12-10-5-8-3-2-4-9(8)6-11(10)14-13-7/h5-6H,2-4H2,1H3. The Morgan fingerprint density at radius 2 is 1.71 bits per heavy atom. The van der Waals surface area contributed by atoms with Gasteiger partial charge < -0.3 is 0 Å². The Labute approximate surface area is 82.2 Å². The number of aromatic nitrogens is 3. The van der Waals surface area contributed by atoms with Crippen LogP contribution in [0.3, 0.4) is 0 Å². The number of rotatable bonds is 0. The zero-order valence-electron chi connectivity index (χ0n) is 8.12. The van der Waals surface area contributed by atoms with Gasteiger partial charge in [-0.25, -0.2) is 4.98 Å². The van der Waals surface area contributed by atoms with E-state index in [4.69, 9.17) is 0 Å². The molecule has 0 saturated carbocycles. The smallest absolute Gasteiger partial charge is 0.148 e. The molecule has 3 heteroatoms. The summed E-state index contributed by atoms with van der Waals surface area (Å²) in [5, 5.41) is 8.12. The van der Waals surface area contributed by atoms with Gasteiger partial charge in [-0.05, 0) is 49.4 Å². The summed E-state index contributed by atoms with van der Waals surface area (Å²) in [4.78, 5) is 4.38. The lowest BCUT2D eigenvalue weighted by molar-refractivity contribution is 0.912. The van der Waals surface area contributed by atoms with Crippen molar-refractivity contribution in [3.05, 3.63) is 29.1 Å². The fourth-order valence-corrected chi connectivity index (χ4v) is 2.09. The number of fused-ring (bicyclic) bond motifs is 2. The van der Waals surface area contributed by atoms with E-state index in [9.17, 15) is 0 Å². The monoisotopic (exact) mass is 185 g/mol. The molecule has 14 heavy (non-hydrogen) atoms. The number of aryl methyl sites for hydroxylation is 3. The Hall–Kier alpha value is -1.51. The van der Waals surface area contributed by atoms with Gasteiger partial charge in [-0.2, -0.15) is 0 Å². The molecule has 0 atom stereocenters. The molecule has 3 rings (SSSR count). The Balaban J connectivity index is 2.33. The van der Waals surface area contributed by atoms with Crippen LogP contribution in [-0.4, -0.2) is 15.2 Å². The largest absolute Gasteiger partial charge is 0.230 e. The Bertz CT molecular complexity index is 505.